The van der Waals surface area contributed by atoms with Crippen molar-refractivity contribution in [1.82, 2.24) is 9.80 Å². The predicted octanol–water partition coefficient (Wildman–Crippen LogP) is 5.52. The maximum atomic E-state index is 15.0. The number of carbonyl (C=O) groups is 3. The van der Waals surface area contributed by atoms with Crippen LogP contribution in [0.5, 0.6) is 0 Å². The summed E-state index contributed by atoms with van der Waals surface area (Å²) in [7, 11) is 0. The molecule has 3 aliphatic rings. The summed E-state index contributed by atoms with van der Waals surface area (Å²) in [6.45, 7) is 18.6. The molecule has 252 valence electrons. The highest BCUT2D eigenvalue weighted by Crippen LogP contribution is 2.72. The second kappa shape index (κ2) is 14.3. The zero-order valence-corrected chi connectivity index (χ0v) is 29.1. The summed E-state index contributed by atoms with van der Waals surface area (Å²) < 4.78 is -1.30. The number of aliphatic hydroxyl groups is 1. The van der Waals surface area contributed by atoms with Gasteiger partial charge in [0.1, 0.15) is 6.04 Å². The number of thioether (sulfide) groups is 1. The zero-order chi connectivity index (χ0) is 33.9. The third-order valence-electron chi connectivity index (χ3n) is 10.5. The fourth-order valence-electron chi connectivity index (χ4n) is 8.25. The highest BCUT2D eigenvalue weighted by molar-refractivity contribution is 8.02. The van der Waals surface area contributed by atoms with Crippen molar-refractivity contribution in [2.45, 2.75) is 75.1 Å². The third kappa shape index (κ3) is 6.01. The summed E-state index contributed by atoms with van der Waals surface area (Å²) in [4.78, 5) is 51.8. The molecule has 2 bridgehead atoms. The van der Waals surface area contributed by atoms with Crippen LogP contribution in [0, 0.1) is 11.8 Å². The molecule has 3 fully saturated rings. The number of anilines is 2. The maximum Gasteiger partial charge on any atom is 0.251 e. The van der Waals surface area contributed by atoms with Crippen LogP contribution in [0.25, 0.3) is 0 Å². The highest BCUT2D eigenvalue weighted by atomic mass is 32.2. The zero-order valence-electron chi connectivity index (χ0n) is 28.3. The Morgan fingerprint density at radius 2 is 1.62 bits per heavy atom. The van der Waals surface area contributed by atoms with Crippen molar-refractivity contribution in [3.05, 3.63) is 85.5 Å². The lowest BCUT2D eigenvalue weighted by atomic mass is 9.66. The number of nitrogens with zero attached hydrogens (tertiary/aromatic N) is 4. The Balaban J connectivity index is 1.56. The Labute approximate surface area is 284 Å². The number of hydrogen-bond acceptors (Lipinski definition) is 6. The number of likely N-dealkylation sites (tertiary alicyclic amines) is 1. The fourth-order valence-corrected chi connectivity index (χ4v) is 10.6. The van der Waals surface area contributed by atoms with Gasteiger partial charge in [-0.15, -0.1) is 24.9 Å². The van der Waals surface area contributed by atoms with Crippen molar-refractivity contribution in [2.24, 2.45) is 11.8 Å². The van der Waals surface area contributed by atoms with Gasteiger partial charge in [0.25, 0.3) is 5.91 Å². The lowest BCUT2D eigenvalue weighted by molar-refractivity contribution is -0.146. The molecule has 9 heteroatoms. The molecule has 2 aromatic rings. The largest absolute Gasteiger partial charge is 0.394 e. The van der Waals surface area contributed by atoms with E-state index in [1.165, 1.54) is 0 Å². The number of amides is 3. The van der Waals surface area contributed by atoms with E-state index in [0.717, 1.165) is 36.4 Å². The molecule has 8 nitrogen and oxygen atoms in total. The summed E-state index contributed by atoms with van der Waals surface area (Å²) in [6.07, 6.45) is 5.29. The van der Waals surface area contributed by atoms with Gasteiger partial charge in [-0.25, -0.2) is 0 Å². The molecule has 1 spiro atoms. The number of carbonyl (C=O) groups excluding carboxylic acids is 3. The van der Waals surface area contributed by atoms with Gasteiger partial charge < -0.3 is 24.7 Å². The van der Waals surface area contributed by atoms with Gasteiger partial charge in [0.2, 0.25) is 11.8 Å². The first-order valence-electron chi connectivity index (χ1n) is 17.0. The predicted molar refractivity (Wildman–Crippen MR) is 191 cm³/mol. The van der Waals surface area contributed by atoms with E-state index in [0.29, 0.717) is 25.9 Å². The molecule has 3 saturated heterocycles. The van der Waals surface area contributed by atoms with E-state index in [1.54, 1.807) is 38.6 Å². The number of benzene rings is 2. The van der Waals surface area contributed by atoms with Crippen LogP contribution in [0.2, 0.25) is 0 Å². The van der Waals surface area contributed by atoms with Gasteiger partial charge in [-0.2, -0.15) is 0 Å². The Hall–Kier alpha value is -3.56. The quantitative estimate of drug-likeness (QED) is 0.254. The SMILES string of the molecule is C=CCN(Cc1ccccc1)C(=O)[C@@H]1[C@H]2C(=O)N([C@@H](CC)CO)C(C(=O)N(CC=C)c3ccc(N(CC)CC)cc3)C23CC[C@@]1(C)S3. The fraction of sp³-hybridized carbons (Fsp3) is 0.500. The smallest absolute Gasteiger partial charge is 0.251 e. The molecule has 2 aromatic carbocycles. The van der Waals surface area contributed by atoms with Crippen LogP contribution in [0.15, 0.2) is 79.9 Å². The molecule has 5 rings (SSSR count). The van der Waals surface area contributed by atoms with Gasteiger partial charge in [-0.05, 0) is 69.9 Å². The van der Waals surface area contributed by atoms with Crippen molar-refractivity contribution in [1.29, 1.82) is 0 Å². The van der Waals surface area contributed by atoms with Gasteiger partial charge in [0.15, 0.2) is 0 Å². The molecule has 0 radical (unpaired) electrons. The van der Waals surface area contributed by atoms with E-state index in [2.05, 4.69) is 38.8 Å². The van der Waals surface area contributed by atoms with Crippen molar-refractivity contribution < 1.29 is 19.5 Å². The molecule has 3 aliphatic heterocycles. The van der Waals surface area contributed by atoms with Gasteiger partial charge in [0.05, 0.1) is 29.2 Å². The van der Waals surface area contributed by atoms with E-state index >= 15 is 4.79 Å². The maximum absolute atomic E-state index is 15.0. The van der Waals surface area contributed by atoms with Crippen molar-refractivity contribution in [3.8, 4) is 0 Å². The monoisotopic (exact) mass is 658 g/mol. The average Bonchev–Trinajstić information content (AvgIpc) is 3.65. The van der Waals surface area contributed by atoms with Crippen molar-refractivity contribution >= 4 is 40.9 Å². The number of hydrogen-bond donors (Lipinski definition) is 1. The molecule has 0 aromatic heterocycles. The number of rotatable bonds is 15. The molecular weight excluding hydrogens is 609 g/mol. The summed E-state index contributed by atoms with van der Waals surface area (Å²) >= 11 is 1.66. The minimum Gasteiger partial charge on any atom is -0.394 e. The van der Waals surface area contributed by atoms with Gasteiger partial charge in [-0.3, -0.25) is 14.4 Å². The number of aliphatic hydroxyl groups excluding tert-OH is 1. The van der Waals surface area contributed by atoms with Gasteiger partial charge in [0, 0.05) is 48.8 Å². The third-order valence-corrected chi connectivity index (χ3v) is 12.5. The van der Waals surface area contributed by atoms with Crippen LogP contribution in [0.1, 0.15) is 52.5 Å². The lowest BCUT2D eigenvalue weighted by Crippen LogP contribution is -2.57. The Bertz CT molecular complexity index is 1460. The molecule has 0 aliphatic carbocycles. The first-order chi connectivity index (χ1) is 22.6. The second-order valence-corrected chi connectivity index (χ2v) is 15.0. The molecule has 0 saturated carbocycles. The van der Waals surface area contributed by atoms with Crippen LogP contribution < -0.4 is 9.80 Å². The van der Waals surface area contributed by atoms with E-state index < -0.39 is 33.4 Å². The summed E-state index contributed by atoms with van der Waals surface area (Å²) in [6, 6.07) is 16.4. The van der Waals surface area contributed by atoms with Crippen molar-refractivity contribution in [2.75, 3.05) is 42.6 Å². The Morgan fingerprint density at radius 3 is 2.19 bits per heavy atom. The molecule has 3 amide bonds. The van der Waals surface area contributed by atoms with E-state index in [1.807, 2.05) is 61.5 Å². The van der Waals surface area contributed by atoms with E-state index in [4.69, 9.17) is 0 Å². The lowest BCUT2D eigenvalue weighted by Gasteiger charge is -2.39. The summed E-state index contributed by atoms with van der Waals surface area (Å²) in [5.41, 5.74) is 2.81. The van der Waals surface area contributed by atoms with Crippen LogP contribution in [0.3, 0.4) is 0 Å². The molecular formula is C38H50N4O4S. The second-order valence-electron chi connectivity index (χ2n) is 13.1. The standard InChI is InChI=1S/C38H50N4O4S/c1-7-23-40(25-27-15-13-12-14-16-27)34(44)31-32-35(45)42(28(9-3)26-43)33(38(32)22-21-37(31,6)47-38)36(46)41(24-8-2)30-19-17-29(18-20-30)39(10-4)11-5/h7-8,12-20,28,31-33,43H,1-2,9-11,21-26H2,3-6H3/t28-,31-,32-,33?,37+,38?/m0/s1. The first kappa shape index (κ1) is 34.8. The molecule has 47 heavy (non-hydrogen) atoms. The van der Waals surface area contributed by atoms with Gasteiger partial charge >= 0.3 is 0 Å². The van der Waals surface area contributed by atoms with Crippen LogP contribution in [0.4, 0.5) is 11.4 Å². The van der Waals surface area contributed by atoms with Crippen molar-refractivity contribution in [3.63, 3.8) is 0 Å². The molecule has 1 N–H and O–H groups in total. The minimum absolute atomic E-state index is 0.0799. The average molecular weight is 659 g/mol. The Kier molecular flexibility index (Phi) is 10.6. The van der Waals surface area contributed by atoms with Crippen LogP contribution in [-0.2, 0) is 20.9 Å². The van der Waals surface area contributed by atoms with E-state index in [-0.39, 0.29) is 30.9 Å². The molecule has 3 heterocycles. The summed E-state index contributed by atoms with van der Waals surface area (Å²) in [5.74, 6) is -1.75. The van der Waals surface area contributed by atoms with Gasteiger partial charge in [-0.1, -0.05) is 49.4 Å². The Morgan fingerprint density at radius 1 is 0.979 bits per heavy atom. The minimum atomic E-state index is -0.828. The molecule has 6 atom stereocenters. The number of fused-ring (bicyclic) bond motifs is 1. The highest BCUT2D eigenvalue weighted by Gasteiger charge is 2.78. The van der Waals surface area contributed by atoms with Crippen LogP contribution in [-0.4, -0.2) is 87.0 Å². The van der Waals surface area contributed by atoms with E-state index in [9.17, 15) is 14.7 Å². The summed E-state index contributed by atoms with van der Waals surface area (Å²) in [5, 5.41) is 10.5. The van der Waals surface area contributed by atoms with Crippen LogP contribution >= 0.6 is 11.8 Å². The first-order valence-corrected chi connectivity index (χ1v) is 17.8. The molecule has 2 unspecified atom stereocenters. The topological polar surface area (TPSA) is 84.4 Å². The normalized spacial score (nSPS) is 26.5.